The smallest absolute Gasteiger partial charge is 0.338 e. The average Bonchev–Trinajstić information content (AvgIpc) is 2.55. The van der Waals surface area contributed by atoms with E-state index in [1.165, 1.54) is 18.2 Å². The molecular formula is C16H12BrF3N2O3. The fraction of sp³-hybridized carbons (Fsp3) is 0.125. The summed E-state index contributed by atoms with van der Waals surface area (Å²) in [6.45, 7) is -0.407. The summed E-state index contributed by atoms with van der Waals surface area (Å²) < 4.78 is 46.8. The SMILES string of the molecule is COC(=O)c1cc(F)c(C(=O)N(N)Cc2ccc(Br)cc2F)c(F)c1. The van der Waals surface area contributed by atoms with Crippen molar-refractivity contribution >= 4 is 27.8 Å². The number of amides is 1. The fourth-order valence-electron chi connectivity index (χ4n) is 2.06. The van der Waals surface area contributed by atoms with Gasteiger partial charge in [-0.25, -0.2) is 23.8 Å². The fourth-order valence-corrected chi connectivity index (χ4v) is 2.40. The van der Waals surface area contributed by atoms with Crippen molar-refractivity contribution in [3.8, 4) is 0 Å². The third-order valence-corrected chi connectivity index (χ3v) is 3.79. The Morgan fingerprint density at radius 2 is 1.72 bits per heavy atom. The maximum absolute atomic E-state index is 14.1. The summed E-state index contributed by atoms with van der Waals surface area (Å²) in [5.41, 5.74) is -1.28. The largest absolute Gasteiger partial charge is 0.465 e. The lowest BCUT2D eigenvalue weighted by Gasteiger charge is -2.18. The van der Waals surface area contributed by atoms with Gasteiger partial charge in [0.1, 0.15) is 23.0 Å². The third-order valence-electron chi connectivity index (χ3n) is 3.29. The van der Waals surface area contributed by atoms with E-state index >= 15 is 0 Å². The maximum Gasteiger partial charge on any atom is 0.338 e. The summed E-state index contributed by atoms with van der Waals surface area (Å²) in [5.74, 6) is 0.170. The molecule has 1 amide bonds. The van der Waals surface area contributed by atoms with Crippen LogP contribution in [0.2, 0.25) is 0 Å². The molecule has 0 fully saturated rings. The molecule has 0 aromatic heterocycles. The van der Waals surface area contributed by atoms with Gasteiger partial charge >= 0.3 is 5.97 Å². The molecule has 0 aliphatic carbocycles. The van der Waals surface area contributed by atoms with Crippen molar-refractivity contribution in [2.75, 3.05) is 7.11 Å². The highest BCUT2D eigenvalue weighted by molar-refractivity contribution is 9.10. The Morgan fingerprint density at radius 1 is 1.12 bits per heavy atom. The molecule has 0 heterocycles. The van der Waals surface area contributed by atoms with E-state index in [2.05, 4.69) is 20.7 Å². The van der Waals surface area contributed by atoms with Crippen molar-refractivity contribution in [1.82, 2.24) is 5.01 Å². The predicted octanol–water partition coefficient (Wildman–Crippen LogP) is 3.17. The van der Waals surface area contributed by atoms with Crippen LogP contribution < -0.4 is 5.84 Å². The highest BCUT2D eigenvalue weighted by atomic mass is 79.9. The molecule has 2 N–H and O–H groups in total. The number of nitrogens with two attached hydrogens (primary N) is 1. The Kier molecular flexibility index (Phi) is 5.81. The molecule has 0 bridgehead atoms. The molecule has 2 rings (SSSR count). The first-order chi connectivity index (χ1) is 11.7. The molecule has 0 spiro atoms. The van der Waals surface area contributed by atoms with Crippen molar-refractivity contribution in [3.05, 3.63) is 68.9 Å². The van der Waals surface area contributed by atoms with E-state index in [1.54, 1.807) is 0 Å². The Bertz CT molecular complexity index is 822. The highest BCUT2D eigenvalue weighted by Crippen LogP contribution is 2.20. The molecule has 0 saturated heterocycles. The van der Waals surface area contributed by atoms with Crippen molar-refractivity contribution in [2.45, 2.75) is 6.54 Å². The van der Waals surface area contributed by atoms with E-state index in [-0.39, 0.29) is 5.56 Å². The molecule has 0 radical (unpaired) electrons. The van der Waals surface area contributed by atoms with Gasteiger partial charge in [-0.1, -0.05) is 22.0 Å². The van der Waals surface area contributed by atoms with Gasteiger partial charge in [0.25, 0.3) is 5.91 Å². The van der Waals surface area contributed by atoms with E-state index < -0.39 is 47.0 Å². The number of hydrogen-bond donors (Lipinski definition) is 1. The zero-order valence-electron chi connectivity index (χ0n) is 12.9. The molecular weight excluding hydrogens is 405 g/mol. The first kappa shape index (κ1) is 18.9. The Labute approximate surface area is 149 Å². The zero-order valence-corrected chi connectivity index (χ0v) is 14.4. The predicted molar refractivity (Wildman–Crippen MR) is 85.9 cm³/mol. The van der Waals surface area contributed by atoms with Crippen molar-refractivity contribution in [3.63, 3.8) is 0 Å². The number of carbonyl (C=O) groups excluding carboxylic acids is 2. The van der Waals surface area contributed by atoms with Gasteiger partial charge in [0.2, 0.25) is 0 Å². The number of ether oxygens (including phenoxy) is 1. The molecule has 0 atom stereocenters. The molecule has 2 aromatic carbocycles. The standard InChI is InChI=1S/C16H12BrF3N2O3/c1-25-16(24)9-4-12(19)14(13(20)5-9)15(23)22(21)7-8-2-3-10(17)6-11(8)18/h2-6H,7,21H2,1H3. The number of nitrogens with zero attached hydrogens (tertiary/aromatic N) is 1. The van der Waals surface area contributed by atoms with Crippen molar-refractivity contribution < 1.29 is 27.5 Å². The van der Waals surface area contributed by atoms with E-state index in [9.17, 15) is 22.8 Å². The second kappa shape index (κ2) is 7.66. The number of benzene rings is 2. The number of carbonyl (C=O) groups is 2. The maximum atomic E-state index is 14.1. The summed E-state index contributed by atoms with van der Waals surface area (Å²) in [6, 6.07) is 5.40. The summed E-state index contributed by atoms with van der Waals surface area (Å²) in [7, 11) is 1.05. The molecule has 9 heteroatoms. The number of rotatable bonds is 4. The van der Waals surface area contributed by atoms with Crippen molar-refractivity contribution in [2.24, 2.45) is 5.84 Å². The molecule has 2 aromatic rings. The number of methoxy groups -OCH3 is 1. The summed E-state index contributed by atoms with van der Waals surface area (Å²) in [6.07, 6.45) is 0. The number of hydrazine groups is 1. The van der Waals surface area contributed by atoms with E-state index in [4.69, 9.17) is 5.84 Å². The van der Waals surface area contributed by atoms with Gasteiger partial charge < -0.3 is 4.74 Å². The van der Waals surface area contributed by atoms with Crippen LogP contribution in [0.1, 0.15) is 26.3 Å². The summed E-state index contributed by atoms with van der Waals surface area (Å²) in [5, 5.41) is 0.478. The summed E-state index contributed by atoms with van der Waals surface area (Å²) in [4.78, 5) is 23.5. The van der Waals surface area contributed by atoms with Crippen molar-refractivity contribution in [1.29, 1.82) is 0 Å². The Morgan fingerprint density at radius 3 is 2.24 bits per heavy atom. The topological polar surface area (TPSA) is 72.6 Å². The van der Waals surface area contributed by atoms with Gasteiger partial charge in [-0.15, -0.1) is 0 Å². The van der Waals surface area contributed by atoms with Gasteiger partial charge in [0.15, 0.2) is 0 Å². The lowest BCUT2D eigenvalue weighted by atomic mass is 10.1. The summed E-state index contributed by atoms with van der Waals surface area (Å²) >= 11 is 3.08. The van der Waals surface area contributed by atoms with Crippen LogP contribution in [0.15, 0.2) is 34.8 Å². The molecule has 0 aliphatic heterocycles. The molecule has 0 unspecified atom stereocenters. The zero-order chi connectivity index (χ0) is 18.7. The second-order valence-electron chi connectivity index (χ2n) is 4.98. The number of halogens is 4. The lowest BCUT2D eigenvalue weighted by Crippen LogP contribution is -2.38. The Balaban J connectivity index is 2.29. The van der Waals surface area contributed by atoms with Gasteiger partial charge in [0, 0.05) is 10.0 Å². The quantitative estimate of drug-likeness (QED) is 0.359. The minimum Gasteiger partial charge on any atom is -0.465 e. The van der Waals surface area contributed by atoms with Crippen LogP contribution >= 0.6 is 15.9 Å². The average molecular weight is 417 g/mol. The van der Waals surface area contributed by atoms with Gasteiger partial charge in [0.05, 0.1) is 19.2 Å². The first-order valence-electron chi connectivity index (χ1n) is 6.82. The first-order valence-corrected chi connectivity index (χ1v) is 7.61. The van der Waals surface area contributed by atoms with E-state index in [0.717, 1.165) is 7.11 Å². The van der Waals surface area contributed by atoms with Crippen LogP contribution in [0.5, 0.6) is 0 Å². The lowest BCUT2D eigenvalue weighted by molar-refractivity contribution is 0.0597. The molecule has 5 nitrogen and oxygen atoms in total. The molecule has 0 saturated carbocycles. The van der Waals surface area contributed by atoms with E-state index in [1.807, 2.05) is 0 Å². The van der Waals surface area contributed by atoms with Crippen LogP contribution in [0.3, 0.4) is 0 Å². The number of hydrogen-bond acceptors (Lipinski definition) is 4. The van der Waals surface area contributed by atoms with Crippen LogP contribution in [0.25, 0.3) is 0 Å². The Hall–Kier alpha value is -2.39. The second-order valence-corrected chi connectivity index (χ2v) is 5.89. The van der Waals surface area contributed by atoms with Gasteiger partial charge in [-0.3, -0.25) is 9.80 Å². The van der Waals surface area contributed by atoms with Crippen LogP contribution in [-0.4, -0.2) is 24.0 Å². The molecule has 0 aliphatic rings. The molecule has 132 valence electrons. The minimum absolute atomic E-state index is 0.0612. The van der Waals surface area contributed by atoms with E-state index in [0.29, 0.717) is 21.6 Å². The highest BCUT2D eigenvalue weighted by Gasteiger charge is 2.24. The number of esters is 1. The van der Waals surface area contributed by atoms with Crippen LogP contribution in [0.4, 0.5) is 13.2 Å². The normalized spacial score (nSPS) is 10.5. The minimum atomic E-state index is -1.28. The van der Waals surface area contributed by atoms with Crippen LogP contribution in [-0.2, 0) is 11.3 Å². The molecule has 25 heavy (non-hydrogen) atoms. The monoisotopic (exact) mass is 416 g/mol. The third kappa shape index (κ3) is 4.18. The van der Waals surface area contributed by atoms with Gasteiger partial charge in [-0.05, 0) is 24.3 Å². The van der Waals surface area contributed by atoms with Gasteiger partial charge in [-0.2, -0.15) is 0 Å². The van der Waals surface area contributed by atoms with Crippen LogP contribution in [0, 0.1) is 17.5 Å².